The van der Waals surface area contributed by atoms with Gasteiger partial charge in [-0.3, -0.25) is 9.78 Å². The molecule has 0 saturated carbocycles. The van der Waals surface area contributed by atoms with Crippen LogP contribution < -0.4 is 10.6 Å². The normalized spacial score (nSPS) is 10.7. The third-order valence-corrected chi connectivity index (χ3v) is 5.24. The van der Waals surface area contributed by atoms with Crippen molar-refractivity contribution >= 4 is 34.2 Å². The molecule has 0 radical (unpaired) electrons. The summed E-state index contributed by atoms with van der Waals surface area (Å²) in [5, 5.41) is 5.91. The lowest BCUT2D eigenvalue weighted by Gasteiger charge is -2.09. The van der Waals surface area contributed by atoms with Crippen molar-refractivity contribution in [1.82, 2.24) is 15.0 Å². The molecule has 166 valence electrons. The lowest BCUT2D eigenvalue weighted by Crippen LogP contribution is -2.19. The molecule has 0 aliphatic carbocycles. The quantitative estimate of drug-likeness (QED) is 0.301. The number of rotatable bonds is 5. The predicted molar refractivity (Wildman–Crippen MR) is 128 cm³/mol. The van der Waals surface area contributed by atoms with E-state index in [1.54, 1.807) is 55.1 Å². The van der Waals surface area contributed by atoms with Crippen molar-refractivity contribution in [3.8, 4) is 11.1 Å². The molecule has 0 saturated heterocycles. The summed E-state index contributed by atoms with van der Waals surface area (Å²) in [4.78, 5) is 37.2. The fraction of sp³-hybridized carbons (Fsp3) is 0. The van der Waals surface area contributed by atoms with Crippen molar-refractivity contribution in [2.45, 2.75) is 0 Å². The third-order valence-electron chi connectivity index (χ3n) is 5.24. The number of hydrogen-bond donors (Lipinski definition) is 3. The number of nitrogens with zero attached hydrogens (tertiary/aromatic N) is 2. The molecule has 0 atom stereocenters. The van der Waals surface area contributed by atoms with Gasteiger partial charge in [0.05, 0.1) is 0 Å². The predicted octanol–water partition coefficient (Wildman–Crippen LogP) is 5.64. The second kappa shape index (κ2) is 8.95. The number of carbonyl (C=O) groups is 2. The Bertz CT molecular complexity index is 1510. The SMILES string of the molecule is O=C(Nc1cccc(F)c1)Nc1cccc(C(=O)c2c[nH]c3ncc(-c4cccnc4)cc23)c1. The highest BCUT2D eigenvalue weighted by molar-refractivity contribution is 6.16. The maximum atomic E-state index is 13.3. The van der Waals surface area contributed by atoms with Crippen LogP contribution in [0.1, 0.15) is 15.9 Å². The van der Waals surface area contributed by atoms with E-state index in [2.05, 4.69) is 25.6 Å². The van der Waals surface area contributed by atoms with Crippen LogP contribution in [0.3, 0.4) is 0 Å². The number of H-pyrrole nitrogens is 1. The van der Waals surface area contributed by atoms with E-state index < -0.39 is 11.8 Å². The standard InChI is InChI=1S/C26H18FN5O2/c27-19-6-2-8-21(12-19)32-26(34)31-20-7-1-4-16(10-20)24(33)23-15-30-25-22(23)11-18(14-29-25)17-5-3-9-28-13-17/h1-15H,(H,29,30)(H2,31,32,34). The number of nitrogens with one attached hydrogen (secondary N) is 3. The molecule has 5 aromatic rings. The molecule has 0 aliphatic rings. The number of anilines is 2. The van der Waals surface area contributed by atoms with E-state index in [4.69, 9.17) is 0 Å². The highest BCUT2D eigenvalue weighted by atomic mass is 19.1. The number of amides is 2. The zero-order valence-corrected chi connectivity index (χ0v) is 17.7. The Balaban J connectivity index is 1.39. The van der Waals surface area contributed by atoms with Gasteiger partial charge in [0.1, 0.15) is 11.5 Å². The lowest BCUT2D eigenvalue weighted by molar-refractivity contribution is 0.104. The van der Waals surface area contributed by atoms with Crippen LogP contribution in [0, 0.1) is 5.82 Å². The Kier molecular flexibility index (Phi) is 5.53. The van der Waals surface area contributed by atoms with E-state index in [1.165, 1.54) is 18.2 Å². The Morgan fingerprint density at radius 1 is 0.853 bits per heavy atom. The molecule has 0 fully saturated rings. The first-order valence-corrected chi connectivity index (χ1v) is 10.4. The van der Waals surface area contributed by atoms with Gasteiger partial charge < -0.3 is 15.6 Å². The van der Waals surface area contributed by atoms with Crippen molar-refractivity contribution in [3.63, 3.8) is 0 Å². The van der Waals surface area contributed by atoms with E-state index in [1.807, 2.05) is 18.2 Å². The number of ketones is 1. The molecule has 3 heterocycles. The zero-order chi connectivity index (χ0) is 23.5. The summed E-state index contributed by atoms with van der Waals surface area (Å²) in [6.07, 6.45) is 6.79. The molecule has 34 heavy (non-hydrogen) atoms. The van der Waals surface area contributed by atoms with Crippen molar-refractivity contribution in [2.75, 3.05) is 10.6 Å². The minimum atomic E-state index is -0.549. The summed E-state index contributed by atoms with van der Waals surface area (Å²) in [6, 6.07) is 17.3. The molecule has 3 N–H and O–H groups in total. The molecule has 0 spiro atoms. The second-order valence-electron chi connectivity index (χ2n) is 7.56. The number of pyridine rings is 2. The minimum Gasteiger partial charge on any atom is -0.345 e. The molecule has 2 amide bonds. The summed E-state index contributed by atoms with van der Waals surface area (Å²) in [5.41, 5.74) is 3.95. The molecule has 2 aromatic carbocycles. The van der Waals surface area contributed by atoms with Gasteiger partial charge in [-0.1, -0.05) is 24.3 Å². The van der Waals surface area contributed by atoms with Crippen LogP contribution in [0.15, 0.2) is 91.5 Å². The Morgan fingerprint density at radius 2 is 1.65 bits per heavy atom. The molecular weight excluding hydrogens is 433 g/mol. The number of carbonyl (C=O) groups excluding carboxylic acids is 2. The fourth-order valence-electron chi connectivity index (χ4n) is 3.64. The number of benzene rings is 2. The van der Waals surface area contributed by atoms with E-state index in [-0.39, 0.29) is 5.78 Å². The van der Waals surface area contributed by atoms with Gasteiger partial charge in [0, 0.05) is 63.8 Å². The van der Waals surface area contributed by atoms with Crippen LogP contribution in [0.5, 0.6) is 0 Å². The largest absolute Gasteiger partial charge is 0.345 e. The first-order valence-electron chi connectivity index (χ1n) is 10.4. The van der Waals surface area contributed by atoms with Gasteiger partial charge in [0.2, 0.25) is 0 Å². The number of urea groups is 1. The summed E-state index contributed by atoms with van der Waals surface area (Å²) in [7, 11) is 0. The highest BCUT2D eigenvalue weighted by Crippen LogP contribution is 2.26. The van der Waals surface area contributed by atoms with Gasteiger partial charge in [-0.2, -0.15) is 0 Å². The monoisotopic (exact) mass is 451 g/mol. The third kappa shape index (κ3) is 4.37. The van der Waals surface area contributed by atoms with Crippen molar-refractivity contribution in [3.05, 3.63) is 108 Å². The Hall–Kier alpha value is -4.85. The van der Waals surface area contributed by atoms with E-state index in [9.17, 15) is 14.0 Å². The highest BCUT2D eigenvalue weighted by Gasteiger charge is 2.16. The van der Waals surface area contributed by atoms with Crippen molar-refractivity contribution in [1.29, 1.82) is 0 Å². The van der Waals surface area contributed by atoms with Crippen molar-refractivity contribution < 1.29 is 14.0 Å². The van der Waals surface area contributed by atoms with E-state index >= 15 is 0 Å². The van der Waals surface area contributed by atoms with E-state index in [0.717, 1.165) is 11.1 Å². The van der Waals surface area contributed by atoms with Gasteiger partial charge in [-0.15, -0.1) is 0 Å². The maximum absolute atomic E-state index is 13.3. The van der Waals surface area contributed by atoms with Crippen LogP contribution in [0.4, 0.5) is 20.6 Å². The van der Waals surface area contributed by atoms with Crippen LogP contribution in [-0.2, 0) is 0 Å². The average Bonchev–Trinajstić information content (AvgIpc) is 3.27. The fourth-order valence-corrected chi connectivity index (χ4v) is 3.64. The molecule has 8 heteroatoms. The number of aromatic nitrogens is 3. The van der Waals surface area contributed by atoms with Gasteiger partial charge in [-0.25, -0.2) is 14.2 Å². The molecule has 0 aliphatic heterocycles. The molecule has 5 rings (SSSR count). The lowest BCUT2D eigenvalue weighted by atomic mass is 10.0. The Labute approximate surface area is 193 Å². The molecule has 0 bridgehead atoms. The number of aromatic amines is 1. The Morgan fingerprint density at radius 3 is 2.41 bits per heavy atom. The molecule has 3 aromatic heterocycles. The van der Waals surface area contributed by atoms with Gasteiger partial charge in [0.15, 0.2) is 5.78 Å². The van der Waals surface area contributed by atoms with Crippen LogP contribution in [-0.4, -0.2) is 26.8 Å². The smallest absolute Gasteiger partial charge is 0.323 e. The maximum Gasteiger partial charge on any atom is 0.323 e. The number of fused-ring (bicyclic) bond motifs is 1. The average molecular weight is 451 g/mol. The molecule has 7 nitrogen and oxygen atoms in total. The summed E-state index contributed by atoms with van der Waals surface area (Å²) in [5.74, 6) is -0.670. The number of halogens is 1. The van der Waals surface area contributed by atoms with Gasteiger partial charge >= 0.3 is 6.03 Å². The van der Waals surface area contributed by atoms with Crippen LogP contribution in [0.25, 0.3) is 22.2 Å². The van der Waals surface area contributed by atoms with E-state index in [0.29, 0.717) is 33.5 Å². The number of hydrogen-bond acceptors (Lipinski definition) is 4. The van der Waals surface area contributed by atoms with Gasteiger partial charge in [-0.05, 0) is 42.5 Å². The second-order valence-corrected chi connectivity index (χ2v) is 7.56. The zero-order valence-electron chi connectivity index (χ0n) is 17.7. The summed E-state index contributed by atoms with van der Waals surface area (Å²) >= 11 is 0. The summed E-state index contributed by atoms with van der Waals surface area (Å²) < 4.78 is 13.3. The minimum absolute atomic E-state index is 0.217. The molecular formula is C26H18FN5O2. The topological polar surface area (TPSA) is 99.8 Å². The first-order chi connectivity index (χ1) is 16.6. The first kappa shape index (κ1) is 21.0. The van der Waals surface area contributed by atoms with Crippen LogP contribution >= 0.6 is 0 Å². The van der Waals surface area contributed by atoms with Crippen LogP contribution in [0.2, 0.25) is 0 Å². The molecule has 0 unspecified atom stereocenters. The van der Waals surface area contributed by atoms with Crippen molar-refractivity contribution in [2.24, 2.45) is 0 Å². The summed E-state index contributed by atoms with van der Waals surface area (Å²) in [6.45, 7) is 0. The van der Waals surface area contributed by atoms with Gasteiger partial charge in [0.25, 0.3) is 0 Å².